The van der Waals surface area contributed by atoms with Gasteiger partial charge in [-0.3, -0.25) is 0 Å². The second kappa shape index (κ2) is 5.08. The number of hydrogen-bond acceptors (Lipinski definition) is 2. The number of ether oxygens (including phenoxy) is 1. The molecular weight excluding hydrogens is 181 g/mol. The van der Waals surface area contributed by atoms with Gasteiger partial charge >= 0.3 is 0 Å². The zero-order chi connectivity index (χ0) is 10.6. The van der Waals surface area contributed by atoms with E-state index in [1.165, 1.54) is 12.1 Å². The van der Waals surface area contributed by atoms with Crippen LogP contribution in [0.25, 0.3) is 0 Å². The molecule has 2 atom stereocenters. The summed E-state index contributed by atoms with van der Waals surface area (Å²) in [5.74, 6) is -0.242. The van der Waals surface area contributed by atoms with Crippen molar-refractivity contribution in [2.45, 2.75) is 26.0 Å². The van der Waals surface area contributed by atoms with Gasteiger partial charge in [-0.05, 0) is 31.5 Å². The fourth-order valence-electron chi connectivity index (χ4n) is 1.38. The molecule has 0 aliphatic rings. The lowest BCUT2D eigenvalue weighted by atomic mass is 10.0. The number of halogens is 1. The third kappa shape index (κ3) is 2.79. The monoisotopic (exact) mass is 197 g/mol. The summed E-state index contributed by atoms with van der Waals surface area (Å²) in [6.45, 7) is 4.40. The van der Waals surface area contributed by atoms with Gasteiger partial charge in [0.2, 0.25) is 0 Å². The summed E-state index contributed by atoms with van der Waals surface area (Å²) in [5.41, 5.74) is 6.69. The molecule has 0 aromatic heterocycles. The van der Waals surface area contributed by atoms with Crippen molar-refractivity contribution in [2.24, 2.45) is 5.73 Å². The Morgan fingerprint density at radius 1 is 1.36 bits per heavy atom. The topological polar surface area (TPSA) is 35.2 Å². The Morgan fingerprint density at radius 3 is 2.36 bits per heavy atom. The van der Waals surface area contributed by atoms with Crippen LogP contribution in [0.5, 0.6) is 0 Å². The van der Waals surface area contributed by atoms with E-state index in [9.17, 15) is 4.39 Å². The van der Waals surface area contributed by atoms with Gasteiger partial charge in [0.15, 0.2) is 0 Å². The molecule has 1 aromatic rings. The third-order valence-electron chi connectivity index (χ3n) is 2.02. The molecule has 2 unspecified atom stereocenters. The van der Waals surface area contributed by atoms with Crippen LogP contribution in [0.4, 0.5) is 4.39 Å². The van der Waals surface area contributed by atoms with Gasteiger partial charge < -0.3 is 10.5 Å². The minimum atomic E-state index is -0.242. The molecule has 2 nitrogen and oxygen atoms in total. The average Bonchev–Trinajstić information content (AvgIpc) is 2.15. The molecule has 0 heterocycles. The highest BCUT2D eigenvalue weighted by Crippen LogP contribution is 2.20. The molecule has 0 aliphatic heterocycles. The fourth-order valence-corrected chi connectivity index (χ4v) is 1.38. The van der Waals surface area contributed by atoms with E-state index < -0.39 is 0 Å². The van der Waals surface area contributed by atoms with E-state index >= 15 is 0 Å². The Hall–Kier alpha value is -0.930. The first kappa shape index (κ1) is 11.1. The maximum atomic E-state index is 12.7. The molecule has 0 bridgehead atoms. The molecule has 0 spiro atoms. The van der Waals surface area contributed by atoms with Crippen LogP contribution < -0.4 is 5.73 Å². The molecule has 0 fully saturated rings. The smallest absolute Gasteiger partial charge is 0.123 e. The Labute approximate surface area is 83.9 Å². The van der Waals surface area contributed by atoms with Gasteiger partial charge in [-0.1, -0.05) is 12.1 Å². The molecule has 0 saturated heterocycles. The van der Waals surface area contributed by atoms with Crippen molar-refractivity contribution in [3.05, 3.63) is 35.6 Å². The van der Waals surface area contributed by atoms with Crippen molar-refractivity contribution in [1.29, 1.82) is 0 Å². The van der Waals surface area contributed by atoms with Crippen molar-refractivity contribution in [3.8, 4) is 0 Å². The minimum absolute atomic E-state index is 0.0968. The lowest BCUT2D eigenvalue weighted by Crippen LogP contribution is -2.26. The van der Waals surface area contributed by atoms with Crippen LogP contribution in [0.3, 0.4) is 0 Å². The highest BCUT2D eigenvalue weighted by Gasteiger charge is 2.15. The van der Waals surface area contributed by atoms with Crippen LogP contribution in [-0.2, 0) is 4.74 Å². The first-order chi connectivity index (χ1) is 6.65. The van der Waals surface area contributed by atoms with Crippen molar-refractivity contribution >= 4 is 0 Å². The zero-order valence-electron chi connectivity index (χ0n) is 8.53. The number of rotatable bonds is 4. The second-order valence-electron chi connectivity index (χ2n) is 3.29. The van der Waals surface area contributed by atoms with Crippen molar-refractivity contribution in [1.82, 2.24) is 0 Å². The molecule has 1 rings (SSSR count). The van der Waals surface area contributed by atoms with E-state index in [1.54, 1.807) is 12.1 Å². The van der Waals surface area contributed by atoms with E-state index in [-0.39, 0.29) is 18.0 Å². The normalized spacial score (nSPS) is 15.1. The SMILES string of the molecule is CCOC(c1ccc(F)cc1)C(C)N. The average molecular weight is 197 g/mol. The van der Waals surface area contributed by atoms with E-state index in [0.29, 0.717) is 6.61 Å². The Bertz CT molecular complexity index is 271. The van der Waals surface area contributed by atoms with Crippen molar-refractivity contribution in [2.75, 3.05) is 6.61 Å². The summed E-state index contributed by atoms with van der Waals surface area (Å²) in [7, 11) is 0. The summed E-state index contributed by atoms with van der Waals surface area (Å²) in [6, 6.07) is 6.16. The van der Waals surface area contributed by atoms with Gasteiger partial charge in [0.05, 0.1) is 6.10 Å². The van der Waals surface area contributed by atoms with E-state index in [1.807, 2.05) is 13.8 Å². The molecule has 0 aliphatic carbocycles. The molecule has 0 amide bonds. The van der Waals surface area contributed by atoms with E-state index in [0.717, 1.165) is 5.56 Å². The lowest BCUT2D eigenvalue weighted by Gasteiger charge is -2.20. The number of nitrogens with two attached hydrogens (primary N) is 1. The maximum Gasteiger partial charge on any atom is 0.123 e. The Kier molecular flexibility index (Phi) is 4.04. The van der Waals surface area contributed by atoms with Gasteiger partial charge in [0.1, 0.15) is 5.82 Å². The summed E-state index contributed by atoms with van der Waals surface area (Å²) in [6.07, 6.45) is -0.152. The Balaban J connectivity index is 2.82. The van der Waals surface area contributed by atoms with Crippen LogP contribution in [0, 0.1) is 5.82 Å². The molecule has 14 heavy (non-hydrogen) atoms. The van der Waals surface area contributed by atoms with Gasteiger partial charge in [-0.2, -0.15) is 0 Å². The first-order valence-corrected chi connectivity index (χ1v) is 4.77. The molecule has 78 valence electrons. The van der Waals surface area contributed by atoms with Gasteiger partial charge in [-0.25, -0.2) is 4.39 Å². The minimum Gasteiger partial charge on any atom is -0.372 e. The van der Waals surface area contributed by atoms with Gasteiger partial charge in [0.25, 0.3) is 0 Å². The molecule has 2 N–H and O–H groups in total. The van der Waals surface area contributed by atoms with E-state index in [2.05, 4.69) is 0 Å². The summed E-state index contributed by atoms with van der Waals surface area (Å²) in [4.78, 5) is 0. The lowest BCUT2D eigenvalue weighted by molar-refractivity contribution is 0.0475. The molecular formula is C11H16FNO. The summed E-state index contributed by atoms with van der Waals surface area (Å²) in [5, 5.41) is 0. The van der Waals surface area contributed by atoms with E-state index in [4.69, 9.17) is 10.5 Å². The Morgan fingerprint density at radius 2 is 1.93 bits per heavy atom. The molecule has 0 saturated carbocycles. The predicted molar refractivity (Wildman–Crippen MR) is 54.4 cm³/mol. The highest BCUT2D eigenvalue weighted by atomic mass is 19.1. The standard InChI is InChI=1S/C11H16FNO/c1-3-14-11(8(2)13)9-4-6-10(12)7-5-9/h4-8,11H,3,13H2,1-2H3. The quantitative estimate of drug-likeness (QED) is 0.803. The fraction of sp³-hybridized carbons (Fsp3) is 0.455. The van der Waals surface area contributed by atoms with Crippen LogP contribution in [-0.4, -0.2) is 12.6 Å². The molecule has 3 heteroatoms. The predicted octanol–water partition coefficient (Wildman–Crippen LogP) is 2.25. The third-order valence-corrected chi connectivity index (χ3v) is 2.02. The summed E-state index contributed by atoms with van der Waals surface area (Å²) >= 11 is 0. The highest BCUT2D eigenvalue weighted by molar-refractivity contribution is 5.19. The maximum absolute atomic E-state index is 12.7. The van der Waals surface area contributed by atoms with Crippen LogP contribution in [0.2, 0.25) is 0 Å². The second-order valence-corrected chi connectivity index (χ2v) is 3.29. The van der Waals surface area contributed by atoms with Crippen molar-refractivity contribution in [3.63, 3.8) is 0 Å². The van der Waals surface area contributed by atoms with Crippen LogP contribution in [0.1, 0.15) is 25.5 Å². The summed E-state index contributed by atoms with van der Waals surface area (Å²) < 4.78 is 18.1. The number of hydrogen-bond donors (Lipinski definition) is 1. The molecule has 0 radical (unpaired) electrons. The number of benzene rings is 1. The largest absolute Gasteiger partial charge is 0.372 e. The first-order valence-electron chi connectivity index (χ1n) is 4.77. The van der Waals surface area contributed by atoms with Gasteiger partial charge in [0, 0.05) is 12.6 Å². The van der Waals surface area contributed by atoms with Crippen LogP contribution >= 0.6 is 0 Å². The van der Waals surface area contributed by atoms with Crippen molar-refractivity contribution < 1.29 is 9.13 Å². The zero-order valence-corrected chi connectivity index (χ0v) is 8.53. The molecule has 1 aromatic carbocycles. The van der Waals surface area contributed by atoms with Crippen LogP contribution in [0.15, 0.2) is 24.3 Å². The van der Waals surface area contributed by atoms with Gasteiger partial charge in [-0.15, -0.1) is 0 Å².